The van der Waals surface area contributed by atoms with Crippen LogP contribution >= 0.6 is 11.6 Å². The molecule has 1 saturated carbocycles. The second-order valence-corrected chi connectivity index (χ2v) is 5.54. The van der Waals surface area contributed by atoms with Gasteiger partial charge in [-0.2, -0.15) is 0 Å². The molecule has 1 heterocycles. The number of hydrogen-bond donors (Lipinski definition) is 1. The van der Waals surface area contributed by atoms with Crippen LogP contribution in [0, 0.1) is 5.92 Å². The van der Waals surface area contributed by atoms with E-state index in [-0.39, 0.29) is 12.5 Å². The van der Waals surface area contributed by atoms with E-state index < -0.39 is 11.9 Å². The average Bonchev–Trinajstić information content (AvgIpc) is 3.11. The Labute approximate surface area is 116 Å². The molecular formula is C13H17ClN2O3. The molecule has 1 aliphatic carbocycles. The lowest BCUT2D eigenvalue weighted by atomic mass is 10.1. The van der Waals surface area contributed by atoms with Crippen molar-refractivity contribution in [1.29, 1.82) is 0 Å². The van der Waals surface area contributed by atoms with Crippen molar-refractivity contribution in [3.8, 4) is 0 Å². The summed E-state index contributed by atoms with van der Waals surface area (Å²) in [5.74, 6) is -1.68. The van der Waals surface area contributed by atoms with Crippen molar-refractivity contribution in [2.45, 2.75) is 25.8 Å². The fourth-order valence-corrected chi connectivity index (χ4v) is 2.25. The lowest BCUT2D eigenvalue weighted by molar-refractivity contribution is -0.141. The van der Waals surface area contributed by atoms with E-state index >= 15 is 0 Å². The molecule has 104 valence electrons. The maximum Gasteiger partial charge on any atom is 0.308 e. The number of aromatic nitrogens is 1. The number of carboxylic acid groups (broad SMARTS) is 1. The van der Waals surface area contributed by atoms with Gasteiger partial charge >= 0.3 is 5.97 Å². The first kappa shape index (κ1) is 13.9. The number of carbonyl (C=O) groups excluding carboxylic acids is 1. The molecule has 1 N–H and O–H groups in total. The number of rotatable bonds is 5. The molecule has 6 heteroatoms. The van der Waals surface area contributed by atoms with Crippen LogP contribution in [0.15, 0.2) is 12.3 Å². The minimum absolute atomic E-state index is 0.182. The number of carbonyl (C=O) groups is 2. The molecule has 1 unspecified atom stereocenters. The van der Waals surface area contributed by atoms with E-state index in [0.717, 1.165) is 12.8 Å². The van der Waals surface area contributed by atoms with Gasteiger partial charge < -0.3 is 14.6 Å². The van der Waals surface area contributed by atoms with E-state index in [4.69, 9.17) is 16.7 Å². The van der Waals surface area contributed by atoms with Gasteiger partial charge in [0.1, 0.15) is 5.69 Å². The van der Waals surface area contributed by atoms with Crippen LogP contribution in [-0.4, -0.2) is 40.0 Å². The Bertz CT molecular complexity index is 508. The topological polar surface area (TPSA) is 62.5 Å². The lowest BCUT2D eigenvalue weighted by Crippen LogP contribution is -2.34. The van der Waals surface area contributed by atoms with Crippen LogP contribution < -0.4 is 0 Å². The fraction of sp³-hybridized carbons (Fsp3) is 0.538. The van der Waals surface area contributed by atoms with Gasteiger partial charge in [-0.15, -0.1) is 0 Å². The predicted molar refractivity (Wildman–Crippen MR) is 71.5 cm³/mol. The van der Waals surface area contributed by atoms with Crippen LogP contribution in [-0.2, 0) is 4.79 Å². The fourth-order valence-electron chi connectivity index (χ4n) is 2.04. The first-order chi connectivity index (χ1) is 8.90. The number of nitrogens with zero attached hydrogens (tertiary/aromatic N) is 2. The molecule has 1 fully saturated rings. The number of amides is 1. The van der Waals surface area contributed by atoms with Gasteiger partial charge in [-0.25, -0.2) is 0 Å². The summed E-state index contributed by atoms with van der Waals surface area (Å²) in [4.78, 5) is 24.6. The average molecular weight is 285 g/mol. The minimum Gasteiger partial charge on any atom is -0.481 e. The van der Waals surface area contributed by atoms with Crippen LogP contribution in [0.5, 0.6) is 0 Å². The van der Waals surface area contributed by atoms with E-state index in [1.54, 1.807) is 26.2 Å². The van der Waals surface area contributed by atoms with E-state index in [2.05, 4.69) is 0 Å². The molecule has 5 nitrogen and oxygen atoms in total. The van der Waals surface area contributed by atoms with Gasteiger partial charge in [-0.3, -0.25) is 9.59 Å². The van der Waals surface area contributed by atoms with E-state index in [1.807, 2.05) is 4.57 Å². The Morgan fingerprint density at radius 2 is 2.21 bits per heavy atom. The first-order valence-electron chi connectivity index (χ1n) is 6.25. The molecule has 19 heavy (non-hydrogen) atoms. The van der Waals surface area contributed by atoms with Crippen molar-refractivity contribution in [3.05, 3.63) is 23.0 Å². The maximum atomic E-state index is 12.3. The van der Waals surface area contributed by atoms with Gasteiger partial charge in [0, 0.05) is 25.8 Å². The zero-order chi connectivity index (χ0) is 14.2. The second-order valence-electron chi connectivity index (χ2n) is 5.11. The predicted octanol–water partition coefficient (Wildman–Crippen LogP) is 2.27. The molecule has 0 spiro atoms. The molecule has 0 bridgehead atoms. The first-order valence-corrected chi connectivity index (χ1v) is 6.63. The van der Waals surface area contributed by atoms with Gasteiger partial charge in [-0.1, -0.05) is 18.5 Å². The van der Waals surface area contributed by atoms with Crippen LogP contribution in [0.1, 0.15) is 36.3 Å². The van der Waals surface area contributed by atoms with Crippen molar-refractivity contribution in [3.63, 3.8) is 0 Å². The largest absolute Gasteiger partial charge is 0.481 e. The quantitative estimate of drug-likeness (QED) is 0.902. The normalized spacial score (nSPS) is 16.2. The van der Waals surface area contributed by atoms with Gasteiger partial charge in [-0.05, 0) is 18.9 Å². The van der Waals surface area contributed by atoms with Gasteiger partial charge in [0.05, 0.1) is 10.9 Å². The third kappa shape index (κ3) is 3.10. The van der Waals surface area contributed by atoms with Crippen molar-refractivity contribution >= 4 is 23.5 Å². The number of halogens is 1. The number of carboxylic acids is 1. The Morgan fingerprint density at radius 1 is 1.58 bits per heavy atom. The van der Waals surface area contributed by atoms with Crippen molar-refractivity contribution in [2.75, 3.05) is 13.6 Å². The highest BCUT2D eigenvalue weighted by molar-refractivity contribution is 6.31. The molecule has 0 radical (unpaired) electrons. The van der Waals surface area contributed by atoms with E-state index in [9.17, 15) is 9.59 Å². The highest BCUT2D eigenvalue weighted by Gasteiger charge is 2.29. The summed E-state index contributed by atoms with van der Waals surface area (Å²) in [6.07, 6.45) is 3.88. The summed E-state index contributed by atoms with van der Waals surface area (Å²) in [6.45, 7) is 1.76. The second kappa shape index (κ2) is 5.25. The van der Waals surface area contributed by atoms with Crippen LogP contribution in [0.2, 0.25) is 5.02 Å². The molecule has 0 saturated heterocycles. The molecule has 0 aromatic carbocycles. The van der Waals surface area contributed by atoms with Gasteiger partial charge in [0.25, 0.3) is 5.91 Å². The Balaban J connectivity index is 2.12. The summed E-state index contributed by atoms with van der Waals surface area (Å²) < 4.78 is 1.90. The van der Waals surface area contributed by atoms with Crippen molar-refractivity contribution in [1.82, 2.24) is 9.47 Å². The lowest BCUT2D eigenvalue weighted by Gasteiger charge is -2.20. The van der Waals surface area contributed by atoms with E-state index in [0.29, 0.717) is 16.8 Å². The maximum absolute atomic E-state index is 12.3. The summed E-state index contributed by atoms with van der Waals surface area (Å²) in [5, 5.41) is 9.41. The number of hydrogen-bond acceptors (Lipinski definition) is 2. The Morgan fingerprint density at radius 3 is 2.74 bits per heavy atom. The minimum atomic E-state index is -0.907. The standard InChI is InChI=1S/C13H17ClN2O3/c1-8(13(18)19)6-15(2)12(17)11-5-9(14)7-16(11)10-3-4-10/h5,7-8,10H,3-4,6H2,1-2H3,(H,18,19). The number of aliphatic carboxylic acids is 1. The van der Waals surface area contributed by atoms with Crippen molar-refractivity contribution in [2.24, 2.45) is 5.92 Å². The molecule has 1 aromatic heterocycles. The molecule has 1 atom stereocenters. The zero-order valence-corrected chi connectivity index (χ0v) is 11.7. The summed E-state index contributed by atoms with van der Waals surface area (Å²) in [6, 6.07) is 2.00. The van der Waals surface area contributed by atoms with Gasteiger partial charge in [0.15, 0.2) is 0 Å². The van der Waals surface area contributed by atoms with E-state index in [1.165, 1.54) is 4.90 Å². The summed E-state index contributed by atoms with van der Waals surface area (Å²) >= 11 is 5.96. The smallest absolute Gasteiger partial charge is 0.308 e. The van der Waals surface area contributed by atoms with Crippen molar-refractivity contribution < 1.29 is 14.7 Å². The zero-order valence-electron chi connectivity index (χ0n) is 11.0. The molecule has 1 amide bonds. The SMILES string of the molecule is CC(CN(C)C(=O)c1cc(Cl)cn1C1CC1)C(=O)O. The third-order valence-corrected chi connectivity index (χ3v) is 3.50. The Kier molecular flexibility index (Phi) is 3.85. The molecular weight excluding hydrogens is 268 g/mol. The highest BCUT2D eigenvalue weighted by atomic mass is 35.5. The molecule has 1 aromatic rings. The Hall–Kier alpha value is -1.49. The highest BCUT2D eigenvalue weighted by Crippen LogP contribution is 2.37. The third-order valence-electron chi connectivity index (χ3n) is 3.29. The monoisotopic (exact) mass is 284 g/mol. The molecule has 0 aliphatic heterocycles. The molecule has 2 rings (SSSR count). The van der Waals surface area contributed by atoms with Crippen LogP contribution in [0.4, 0.5) is 0 Å². The van der Waals surface area contributed by atoms with Gasteiger partial charge in [0.2, 0.25) is 0 Å². The molecule has 1 aliphatic rings. The summed E-state index contributed by atoms with van der Waals surface area (Å²) in [7, 11) is 1.61. The van der Waals surface area contributed by atoms with Crippen LogP contribution in [0.25, 0.3) is 0 Å². The summed E-state index contributed by atoms with van der Waals surface area (Å²) in [5.41, 5.74) is 0.535. The van der Waals surface area contributed by atoms with Crippen LogP contribution in [0.3, 0.4) is 0 Å².